The molecule has 0 saturated carbocycles. The number of hydrogen-bond donors (Lipinski definition) is 3. The maximum Gasteiger partial charge on any atom is 0.326 e. The molecule has 3 N–H and O–H groups in total. The van der Waals surface area contributed by atoms with Gasteiger partial charge in [-0.15, -0.1) is 11.8 Å². The molecule has 0 spiro atoms. The number of anilines is 1. The van der Waals surface area contributed by atoms with Gasteiger partial charge in [-0.1, -0.05) is 19.1 Å². The van der Waals surface area contributed by atoms with Gasteiger partial charge in [-0.3, -0.25) is 0 Å². The van der Waals surface area contributed by atoms with Crippen molar-refractivity contribution in [3.05, 3.63) is 24.3 Å². The summed E-state index contributed by atoms with van der Waals surface area (Å²) in [6.45, 7) is 1.70. The van der Waals surface area contributed by atoms with Crippen molar-refractivity contribution in [1.82, 2.24) is 5.32 Å². The molecule has 0 aromatic heterocycles. The number of para-hydroxylation sites is 1. The molecular weight excluding hydrogens is 252 g/mol. The quantitative estimate of drug-likeness (QED) is 0.716. The van der Waals surface area contributed by atoms with Gasteiger partial charge in [0.25, 0.3) is 0 Å². The lowest BCUT2D eigenvalue weighted by Crippen LogP contribution is -2.42. The highest BCUT2D eigenvalue weighted by Crippen LogP contribution is 2.24. The van der Waals surface area contributed by atoms with Gasteiger partial charge in [-0.05, 0) is 24.8 Å². The summed E-state index contributed by atoms with van der Waals surface area (Å²) in [4.78, 5) is 23.4. The van der Waals surface area contributed by atoms with Gasteiger partial charge < -0.3 is 15.7 Å². The molecule has 0 radical (unpaired) electrons. The molecule has 0 aliphatic carbocycles. The van der Waals surface area contributed by atoms with Gasteiger partial charge in [-0.2, -0.15) is 0 Å². The molecule has 0 aliphatic heterocycles. The maximum atomic E-state index is 11.7. The molecule has 0 unspecified atom stereocenters. The monoisotopic (exact) mass is 268 g/mol. The number of nitrogens with one attached hydrogen (secondary N) is 2. The van der Waals surface area contributed by atoms with Crippen LogP contribution in [0.4, 0.5) is 10.5 Å². The van der Waals surface area contributed by atoms with Gasteiger partial charge in [0.2, 0.25) is 0 Å². The van der Waals surface area contributed by atoms with Crippen LogP contribution in [0.25, 0.3) is 0 Å². The van der Waals surface area contributed by atoms with Gasteiger partial charge in [0.05, 0.1) is 5.69 Å². The Balaban J connectivity index is 2.67. The summed E-state index contributed by atoms with van der Waals surface area (Å²) in [5, 5.41) is 13.9. The molecule has 1 rings (SSSR count). The van der Waals surface area contributed by atoms with Gasteiger partial charge in [0.1, 0.15) is 6.04 Å². The van der Waals surface area contributed by atoms with E-state index in [4.69, 9.17) is 5.11 Å². The van der Waals surface area contributed by atoms with Gasteiger partial charge in [0, 0.05) is 4.90 Å². The highest BCUT2D eigenvalue weighted by Gasteiger charge is 2.17. The molecule has 2 amide bonds. The third-order valence-electron chi connectivity index (χ3n) is 2.37. The number of carboxylic acids is 1. The van der Waals surface area contributed by atoms with E-state index >= 15 is 0 Å². The van der Waals surface area contributed by atoms with E-state index in [1.54, 1.807) is 13.0 Å². The first-order chi connectivity index (χ1) is 8.58. The van der Waals surface area contributed by atoms with Crippen molar-refractivity contribution >= 4 is 29.4 Å². The number of carbonyl (C=O) groups excluding carboxylic acids is 1. The van der Waals surface area contributed by atoms with Crippen LogP contribution in [0.5, 0.6) is 0 Å². The van der Waals surface area contributed by atoms with Crippen molar-refractivity contribution in [3.63, 3.8) is 0 Å². The summed E-state index contributed by atoms with van der Waals surface area (Å²) in [6, 6.07) is 5.96. The number of thioether (sulfide) groups is 1. The highest BCUT2D eigenvalue weighted by atomic mass is 32.2. The molecule has 0 bridgehead atoms. The Morgan fingerprint density at radius 3 is 2.61 bits per heavy atom. The molecule has 1 aromatic carbocycles. The minimum atomic E-state index is -1.04. The first-order valence-corrected chi connectivity index (χ1v) is 6.74. The average molecular weight is 268 g/mol. The number of aliphatic carboxylic acids is 1. The molecule has 0 saturated heterocycles. The number of amides is 2. The number of hydrogen-bond acceptors (Lipinski definition) is 3. The first-order valence-electron chi connectivity index (χ1n) is 5.51. The summed E-state index contributed by atoms with van der Waals surface area (Å²) < 4.78 is 0. The van der Waals surface area contributed by atoms with Crippen LogP contribution in [-0.4, -0.2) is 29.4 Å². The number of urea groups is 1. The van der Waals surface area contributed by atoms with E-state index in [0.717, 1.165) is 4.90 Å². The summed E-state index contributed by atoms with van der Waals surface area (Å²) in [6.07, 6.45) is 2.25. The standard InChI is InChI=1S/C12H16N2O3S/c1-3-8(11(15)16)13-12(17)14-9-6-4-5-7-10(9)18-2/h4-8H,3H2,1-2H3,(H,15,16)(H2,13,14,17)/t8-/m0/s1. The fourth-order valence-electron chi connectivity index (χ4n) is 1.40. The second-order valence-electron chi connectivity index (χ2n) is 3.60. The Morgan fingerprint density at radius 2 is 2.06 bits per heavy atom. The second-order valence-corrected chi connectivity index (χ2v) is 4.45. The maximum absolute atomic E-state index is 11.7. The molecule has 5 nitrogen and oxygen atoms in total. The second kappa shape index (κ2) is 6.90. The van der Waals surface area contributed by atoms with Crippen molar-refractivity contribution in [3.8, 4) is 0 Å². The molecule has 6 heteroatoms. The van der Waals surface area contributed by atoms with Crippen LogP contribution in [0.3, 0.4) is 0 Å². The zero-order valence-electron chi connectivity index (χ0n) is 10.3. The van der Waals surface area contributed by atoms with E-state index in [-0.39, 0.29) is 0 Å². The summed E-state index contributed by atoms with van der Waals surface area (Å²) >= 11 is 1.51. The van der Waals surface area contributed by atoms with Crippen LogP contribution in [0, 0.1) is 0 Å². The Morgan fingerprint density at radius 1 is 1.39 bits per heavy atom. The van der Waals surface area contributed by atoms with Crippen LogP contribution in [0.2, 0.25) is 0 Å². The topological polar surface area (TPSA) is 78.4 Å². The summed E-state index contributed by atoms with van der Waals surface area (Å²) in [7, 11) is 0. The molecule has 1 atom stereocenters. The van der Waals surface area contributed by atoms with Crippen LogP contribution in [0.15, 0.2) is 29.2 Å². The molecular formula is C12H16N2O3S. The zero-order valence-corrected chi connectivity index (χ0v) is 11.1. The van der Waals surface area contributed by atoms with Crippen molar-refractivity contribution in [2.45, 2.75) is 24.3 Å². The molecule has 98 valence electrons. The van der Waals surface area contributed by atoms with Crippen molar-refractivity contribution < 1.29 is 14.7 Å². The summed E-state index contributed by atoms with van der Waals surface area (Å²) in [5.74, 6) is -1.04. The summed E-state index contributed by atoms with van der Waals surface area (Å²) in [5.41, 5.74) is 0.669. The SMILES string of the molecule is CC[C@H](NC(=O)Nc1ccccc1SC)C(=O)O. The number of benzene rings is 1. The number of rotatable bonds is 5. The van der Waals surface area contributed by atoms with Crippen molar-refractivity contribution in [1.29, 1.82) is 0 Å². The number of carbonyl (C=O) groups is 2. The van der Waals surface area contributed by atoms with E-state index in [1.165, 1.54) is 11.8 Å². The molecule has 18 heavy (non-hydrogen) atoms. The lowest BCUT2D eigenvalue weighted by atomic mass is 10.2. The fourth-order valence-corrected chi connectivity index (χ4v) is 1.96. The average Bonchev–Trinajstić information content (AvgIpc) is 2.36. The molecule has 0 heterocycles. The zero-order chi connectivity index (χ0) is 13.5. The molecule has 0 fully saturated rings. The van der Waals surface area contributed by atoms with Gasteiger partial charge in [0.15, 0.2) is 0 Å². The van der Waals surface area contributed by atoms with Crippen LogP contribution >= 0.6 is 11.8 Å². The Kier molecular flexibility index (Phi) is 5.51. The van der Waals surface area contributed by atoms with Gasteiger partial charge in [-0.25, -0.2) is 9.59 Å². The third-order valence-corrected chi connectivity index (χ3v) is 3.16. The third kappa shape index (κ3) is 3.96. The van der Waals surface area contributed by atoms with Crippen LogP contribution in [-0.2, 0) is 4.79 Å². The van der Waals surface area contributed by atoms with E-state index in [2.05, 4.69) is 10.6 Å². The minimum absolute atomic E-state index is 0.340. The van der Waals surface area contributed by atoms with E-state index in [9.17, 15) is 9.59 Å². The Hall–Kier alpha value is -1.69. The van der Waals surface area contributed by atoms with E-state index in [1.807, 2.05) is 24.5 Å². The lowest BCUT2D eigenvalue weighted by molar-refractivity contribution is -0.139. The fraction of sp³-hybridized carbons (Fsp3) is 0.333. The van der Waals surface area contributed by atoms with Crippen molar-refractivity contribution in [2.24, 2.45) is 0 Å². The number of carboxylic acid groups (broad SMARTS) is 1. The Bertz CT molecular complexity index is 437. The van der Waals surface area contributed by atoms with E-state index < -0.39 is 18.0 Å². The normalized spacial score (nSPS) is 11.7. The largest absolute Gasteiger partial charge is 0.480 e. The van der Waals surface area contributed by atoms with Gasteiger partial charge >= 0.3 is 12.0 Å². The smallest absolute Gasteiger partial charge is 0.326 e. The van der Waals surface area contributed by atoms with E-state index in [0.29, 0.717) is 12.1 Å². The predicted molar refractivity (Wildman–Crippen MR) is 72.1 cm³/mol. The van der Waals surface area contributed by atoms with Crippen molar-refractivity contribution in [2.75, 3.05) is 11.6 Å². The highest BCUT2D eigenvalue weighted by molar-refractivity contribution is 7.98. The van der Waals surface area contributed by atoms with Crippen LogP contribution < -0.4 is 10.6 Å². The van der Waals surface area contributed by atoms with Crippen LogP contribution in [0.1, 0.15) is 13.3 Å². The Labute approximate surface area is 110 Å². The minimum Gasteiger partial charge on any atom is -0.480 e. The first kappa shape index (κ1) is 14.4. The molecule has 1 aromatic rings. The predicted octanol–water partition coefficient (Wildman–Crippen LogP) is 2.39. The lowest BCUT2D eigenvalue weighted by Gasteiger charge is -2.14. The molecule has 0 aliphatic rings.